The SMILES string of the molecule is C=N/C=C(\C=C/C)c1nc(=O)[nH]cc1C(=O)O. The molecular formula is C11H11N3O3. The van der Waals surface area contributed by atoms with Crippen LogP contribution in [0.5, 0.6) is 0 Å². The van der Waals surface area contributed by atoms with Gasteiger partial charge in [0.1, 0.15) is 5.56 Å². The number of carbonyl (C=O) groups is 1. The Bertz CT molecular complexity index is 555. The molecule has 0 bridgehead atoms. The van der Waals surface area contributed by atoms with Gasteiger partial charge in [0.25, 0.3) is 0 Å². The van der Waals surface area contributed by atoms with E-state index in [2.05, 4.69) is 21.7 Å². The predicted octanol–water partition coefficient (Wildman–Crippen LogP) is 1.09. The lowest BCUT2D eigenvalue weighted by molar-refractivity contribution is 0.0695. The van der Waals surface area contributed by atoms with E-state index in [0.29, 0.717) is 5.57 Å². The smallest absolute Gasteiger partial charge is 0.345 e. The van der Waals surface area contributed by atoms with Crippen LogP contribution < -0.4 is 5.69 Å². The summed E-state index contributed by atoms with van der Waals surface area (Å²) in [4.78, 5) is 31.5. The molecule has 6 nitrogen and oxygen atoms in total. The molecule has 0 saturated heterocycles. The molecule has 0 amide bonds. The van der Waals surface area contributed by atoms with Crippen LogP contribution in [0.1, 0.15) is 23.0 Å². The Morgan fingerprint density at radius 2 is 2.35 bits per heavy atom. The number of allylic oxidation sites excluding steroid dienone is 3. The molecule has 0 aliphatic heterocycles. The molecule has 1 heterocycles. The third-order valence-electron chi connectivity index (χ3n) is 1.89. The Kier molecular flexibility index (Phi) is 4.10. The molecule has 0 aromatic carbocycles. The van der Waals surface area contributed by atoms with Crippen molar-refractivity contribution < 1.29 is 9.90 Å². The molecule has 0 radical (unpaired) electrons. The van der Waals surface area contributed by atoms with Crippen LogP contribution >= 0.6 is 0 Å². The second kappa shape index (κ2) is 5.55. The number of nitrogens with zero attached hydrogens (tertiary/aromatic N) is 2. The van der Waals surface area contributed by atoms with Crippen LogP contribution in [0, 0.1) is 0 Å². The first kappa shape index (κ1) is 12.6. The number of carboxylic acids is 1. The van der Waals surface area contributed by atoms with Crippen molar-refractivity contribution in [2.75, 3.05) is 0 Å². The summed E-state index contributed by atoms with van der Waals surface area (Å²) in [7, 11) is 0. The van der Waals surface area contributed by atoms with E-state index in [1.807, 2.05) is 0 Å². The van der Waals surface area contributed by atoms with Crippen molar-refractivity contribution in [2.45, 2.75) is 6.92 Å². The molecule has 0 unspecified atom stereocenters. The zero-order chi connectivity index (χ0) is 12.8. The van der Waals surface area contributed by atoms with E-state index in [1.54, 1.807) is 19.1 Å². The van der Waals surface area contributed by atoms with Crippen LogP contribution in [-0.4, -0.2) is 27.8 Å². The first-order valence-electron chi connectivity index (χ1n) is 4.72. The number of hydrogen-bond acceptors (Lipinski definition) is 4. The second-order valence-corrected chi connectivity index (χ2v) is 3.04. The number of H-pyrrole nitrogens is 1. The summed E-state index contributed by atoms with van der Waals surface area (Å²) < 4.78 is 0. The molecule has 1 aromatic heterocycles. The molecule has 0 fully saturated rings. The number of carboxylic acid groups (broad SMARTS) is 1. The fraction of sp³-hybridized carbons (Fsp3) is 0.0909. The third kappa shape index (κ3) is 2.97. The maximum absolute atomic E-state index is 11.1. The van der Waals surface area contributed by atoms with Crippen LogP contribution in [0.15, 0.2) is 34.3 Å². The number of aliphatic imine (C=N–C) groups is 1. The van der Waals surface area contributed by atoms with Gasteiger partial charge in [0, 0.05) is 18.0 Å². The summed E-state index contributed by atoms with van der Waals surface area (Å²) in [5.41, 5.74) is -0.250. The lowest BCUT2D eigenvalue weighted by atomic mass is 10.1. The zero-order valence-electron chi connectivity index (χ0n) is 9.17. The number of hydrogen-bond donors (Lipinski definition) is 2. The van der Waals surface area contributed by atoms with Gasteiger partial charge in [0.05, 0.1) is 5.69 Å². The minimum absolute atomic E-state index is 0.0618. The highest BCUT2D eigenvalue weighted by molar-refractivity contribution is 5.94. The van der Waals surface area contributed by atoms with Crippen molar-refractivity contribution >= 4 is 18.3 Å². The van der Waals surface area contributed by atoms with Gasteiger partial charge in [-0.3, -0.25) is 4.99 Å². The van der Waals surface area contributed by atoms with Gasteiger partial charge in [-0.05, 0) is 13.6 Å². The average Bonchev–Trinajstić information content (AvgIpc) is 2.28. The van der Waals surface area contributed by atoms with E-state index in [9.17, 15) is 9.59 Å². The molecule has 0 aliphatic rings. The summed E-state index contributed by atoms with van der Waals surface area (Å²) in [5.74, 6) is -1.18. The molecule has 17 heavy (non-hydrogen) atoms. The van der Waals surface area contributed by atoms with Gasteiger partial charge >= 0.3 is 11.7 Å². The van der Waals surface area contributed by atoms with Gasteiger partial charge in [-0.15, -0.1) is 0 Å². The van der Waals surface area contributed by atoms with Crippen LogP contribution in [-0.2, 0) is 0 Å². The molecule has 2 N–H and O–H groups in total. The first-order valence-corrected chi connectivity index (χ1v) is 4.72. The third-order valence-corrected chi connectivity index (χ3v) is 1.89. The molecule has 1 rings (SSSR count). The highest BCUT2D eigenvalue weighted by Crippen LogP contribution is 2.16. The standard InChI is InChI=1S/C11H11N3O3/c1-3-4-7(5-12-2)9-8(10(15)16)6-13-11(17)14-9/h3-6H,2H2,1H3,(H,15,16)(H,13,14,17)/b4-3-,7-5+. The minimum atomic E-state index is -1.18. The highest BCUT2D eigenvalue weighted by atomic mass is 16.4. The summed E-state index contributed by atoms with van der Waals surface area (Å²) in [5, 5.41) is 8.98. The van der Waals surface area contributed by atoms with Crippen LogP contribution in [0.25, 0.3) is 5.57 Å². The topological polar surface area (TPSA) is 95.4 Å². The van der Waals surface area contributed by atoms with E-state index in [4.69, 9.17) is 5.11 Å². The predicted molar refractivity (Wildman–Crippen MR) is 64.2 cm³/mol. The van der Waals surface area contributed by atoms with E-state index < -0.39 is 11.7 Å². The van der Waals surface area contributed by atoms with Crippen molar-refractivity contribution in [1.29, 1.82) is 0 Å². The van der Waals surface area contributed by atoms with E-state index in [1.165, 1.54) is 6.20 Å². The second-order valence-electron chi connectivity index (χ2n) is 3.04. The lowest BCUT2D eigenvalue weighted by Crippen LogP contribution is -2.16. The van der Waals surface area contributed by atoms with Crippen LogP contribution in [0.3, 0.4) is 0 Å². The van der Waals surface area contributed by atoms with Crippen molar-refractivity contribution in [3.63, 3.8) is 0 Å². The molecular weight excluding hydrogens is 222 g/mol. The van der Waals surface area contributed by atoms with E-state index >= 15 is 0 Å². The van der Waals surface area contributed by atoms with Crippen molar-refractivity contribution in [3.05, 3.63) is 46.3 Å². The number of rotatable bonds is 4. The molecule has 0 aliphatic carbocycles. The summed E-state index contributed by atoms with van der Waals surface area (Å²) >= 11 is 0. The van der Waals surface area contributed by atoms with Gasteiger partial charge in [-0.1, -0.05) is 12.2 Å². The normalized spacial score (nSPS) is 11.7. The Morgan fingerprint density at radius 3 is 2.88 bits per heavy atom. The number of aromatic carboxylic acids is 1. The first-order chi connectivity index (χ1) is 8.10. The molecule has 0 atom stereocenters. The van der Waals surface area contributed by atoms with Crippen molar-refractivity contribution in [1.82, 2.24) is 9.97 Å². The Morgan fingerprint density at radius 1 is 1.65 bits per heavy atom. The van der Waals surface area contributed by atoms with Gasteiger partial charge in [0.2, 0.25) is 0 Å². The molecule has 1 aromatic rings. The number of aromatic amines is 1. The largest absolute Gasteiger partial charge is 0.478 e. The fourth-order valence-corrected chi connectivity index (χ4v) is 1.24. The van der Waals surface area contributed by atoms with Gasteiger partial charge in [-0.2, -0.15) is 4.98 Å². The fourth-order valence-electron chi connectivity index (χ4n) is 1.24. The number of aromatic nitrogens is 2. The van der Waals surface area contributed by atoms with Crippen LogP contribution in [0.2, 0.25) is 0 Å². The van der Waals surface area contributed by atoms with Gasteiger partial charge in [0.15, 0.2) is 0 Å². The Labute approximate surface area is 97.1 Å². The maximum atomic E-state index is 11.1. The van der Waals surface area contributed by atoms with E-state index in [-0.39, 0.29) is 11.3 Å². The molecule has 0 spiro atoms. The summed E-state index contributed by atoms with van der Waals surface area (Å²) in [6.07, 6.45) is 5.73. The van der Waals surface area contributed by atoms with Crippen molar-refractivity contribution in [3.8, 4) is 0 Å². The monoisotopic (exact) mass is 233 g/mol. The van der Waals surface area contributed by atoms with Gasteiger partial charge < -0.3 is 10.1 Å². The Balaban J connectivity index is 3.50. The van der Waals surface area contributed by atoms with Crippen LogP contribution in [0.4, 0.5) is 0 Å². The van der Waals surface area contributed by atoms with Gasteiger partial charge in [-0.25, -0.2) is 9.59 Å². The molecule has 88 valence electrons. The zero-order valence-corrected chi connectivity index (χ0v) is 9.17. The highest BCUT2D eigenvalue weighted by Gasteiger charge is 2.14. The number of nitrogens with one attached hydrogen (secondary N) is 1. The maximum Gasteiger partial charge on any atom is 0.345 e. The molecule has 0 saturated carbocycles. The summed E-state index contributed by atoms with van der Waals surface area (Å²) in [6, 6.07) is 0. The quantitative estimate of drug-likeness (QED) is 0.601. The lowest BCUT2D eigenvalue weighted by Gasteiger charge is -2.03. The van der Waals surface area contributed by atoms with E-state index in [0.717, 1.165) is 6.20 Å². The Hall–Kier alpha value is -2.50. The summed E-state index contributed by atoms with van der Waals surface area (Å²) in [6.45, 7) is 5.04. The molecule has 6 heteroatoms. The minimum Gasteiger partial charge on any atom is -0.478 e. The van der Waals surface area contributed by atoms with Crippen molar-refractivity contribution in [2.24, 2.45) is 4.99 Å². The average molecular weight is 233 g/mol.